The lowest BCUT2D eigenvalue weighted by atomic mass is 10.1. The number of hydrogen-bond acceptors (Lipinski definition) is 6. The first-order valence-corrected chi connectivity index (χ1v) is 7.58. The van der Waals surface area contributed by atoms with E-state index in [1.807, 2.05) is 6.07 Å². The molecule has 8 heteroatoms. The number of hydrogen-bond donors (Lipinski definition) is 2. The molecule has 0 unspecified atom stereocenters. The second-order valence-electron chi connectivity index (χ2n) is 4.64. The molecule has 0 spiro atoms. The van der Waals surface area contributed by atoms with Gasteiger partial charge in [-0.1, -0.05) is 0 Å². The molecule has 2 aromatic rings. The van der Waals surface area contributed by atoms with Gasteiger partial charge in [-0.25, -0.2) is 14.8 Å². The SMILES string of the molecule is N#Cc1ccsc1NC(=O)NCc1ncc2c(n1)CCOC2. The Morgan fingerprint density at radius 2 is 2.45 bits per heavy atom. The van der Waals surface area contributed by atoms with Crippen LogP contribution in [0.5, 0.6) is 0 Å². The Labute approximate surface area is 131 Å². The Kier molecular flexibility index (Phi) is 4.27. The first-order valence-electron chi connectivity index (χ1n) is 6.70. The smallest absolute Gasteiger partial charge is 0.320 e. The number of urea groups is 1. The summed E-state index contributed by atoms with van der Waals surface area (Å²) < 4.78 is 5.33. The van der Waals surface area contributed by atoms with Crippen molar-refractivity contribution in [3.05, 3.63) is 40.3 Å². The van der Waals surface area contributed by atoms with Crippen LogP contribution < -0.4 is 10.6 Å². The zero-order valence-corrected chi connectivity index (χ0v) is 12.4. The van der Waals surface area contributed by atoms with E-state index in [0.29, 0.717) is 29.6 Å². The molecule has 3 rings (SSSR count). The van der Waals surface area contributed by atoms with Crippen LogP contribution in [0.2, 0.25) is 0 Å². The Bertz CT molecular complexity index is 737. The topological polar surface area (TPSA) is 99.9 Å². The van der Waals surface area contributed by atoms with Gasteiger partial charge in [-0.3, -0.25) is 5.32 Å². The summed E-state index contributed by atoms with van der Waals surface area (Å²) in [5, 5.41) is 16.5. The number of nitrogens with one attached hydrogen (secondary N) is 2. The van der Waals surface area contributed by atoms with Crippen LogP contribution in [0.15, 0.2) is 17.6 Å². The third kappa shape index (κ3) is 3.21. The van der Waals surface area contributed by atoms with E-state index >= 15 is 0 Å². The maximum Gasteiger partial charge on any atom is 0.320 e. The third-order valence-corrected chi connectivity index (χ3v) is 3.99. The van der Waals surface area contributed by atoms with Gasteiger partial charge in [0.25, 0.3) is 0 Å². The number of carbonyl (C=O) groups is 1. The van der Waals surface area contributed by atoms with Crippen molar-refractivity contribution in [3.8, 4) is 6.07 Å². The van der Waals surface area contributed by atoms with Crippen LogP contribution in [0.4, 0.5) is 9.80 Å². The lowest BCUT2D eigenvalue weighted by Gasteiger charge is -2.15. The number of aromatic nitrogens is 2. The number of ether oxygens (including phenoxy) is 1. The molecule has 0 bridgehead atoms. The van der Waals surface area contributed by atoms with E-state index in [-0.39, 0.29) is 12.6 Å². The van der Waals surface area contributed by atoms with Crippen molar-refractivity contribution in [2.24, 2.45) is 0 Å². The van der Waals surface area contributed by atoms with E-state index in [2.05, 4.69) is 20.6 Å². The van der Waals surface area contributed by atoms with E-state index < -0.39 is 0 Å². The van der Waals surface area contributed by atoms with Crippen molar-refractivity contribution in [1.29, 1.82) is 5.26 Å². The second-order valence-corrected chi connectivity index (χ2v) is 5.56. The standard InChI is InChI=1S/C14H13N5O2S/c15-5-9-2-4-22-13(9)19-14(20)17-7-12-16-6-10-8-21-3-1-11(10)18-12/h2,4,6H,1,3,7-8H2,(H2,17,19,20). The Morgan fingerprint density at radius 1 is 1.55 bits per heavy atom. The van der Waals surface area contributed by atoms with Crippen molar-refractivity contribution in [2.75, 3.05) is 11.9 Å². The zero-order valence-electron chi connectivity index (χ0n) is 11.6. The second kappa shape index (κ2) is 6.51. The molecule has 0 atom stereocenters. The van der Waals surface area contributed by atoms with Crippen LogP contribution in [-0.4, -0.2) is 22.6 Å². The average molecular weight is 315 g/mol. The number of carbonyl (C=O) groups excluding carboxylic acids is 1. The van der Waals surface area contributed by atoms with Crippen molar-refractivity contribution in [2.45, 2.75) is 19.6 Å². The van der Waals surface area contributed by atoms with Crippen LogP contribution in [0.25, 0.3) is 0 Å². The van der Waals surface area contributed by atoms with Gasteiger partial charge < -0.3 is 10.1 Å². The van der Waals surface area contributed by atoms with Crippen LogP contribution in [-0.2, 0) is 24.3 Å². The Balaban J connectivity index is 1.58. The first-order chi connectivity index (χ1) is 10.8. The summed E-state index contributed by atoms with van der Waals surface area (Å²) in [6.07, 6.45) is 2.50. The molecule has 0 saturated carbocycles. The van der Waals surface area contributed by atoms with E-state index in [1.54, 1.807) is 17.6 Å². The summed E-state index contributed by atoms with van der Waals surface area (Å²) in [5.41, 5.74) is 2.42. The zero-order chi connectivity index (χ0) is 15.4. The molecule has 0 aliphatic carbocycles. The average Bonchev–Trinajstić information content (AvgIpc) is 3.00. The molecule has 2 aromatic heterocycles. The molecule has 3 heterocycles. The molecule has 112 valence electrons. The first kappa shape index (κ1) is 14.4. The fourth-order valence-electron chi connectivity index (χ4n) is 2.06. The molecule has 2 N–H and O–H groups in total. The van der Waals surface area contributed by atoms with Crippen molar-refractivity contribution >= 4 is 22.4 Å². The number of amides is 2. The predicted molar refractivity (Wildman–Crippen MR) is 80.3 cm³/mol. The summed E-state index contributed by atoms with van der Waals surface area (Å²) in [7, 11) is 0. The molecule has 22 heavy (non-hydrogen) atoms. The number of fused-ring (bicyclic) bond motifs is 1. The van der Waals surface area contributed by atoms with E-state index in [1.165, 1.54) is 11.3 Å². The van der Waals surface area contributed by atoms with Gasteiger partial charge >= 0.3 is 6.03 Å². The third-order valence-electron chi connectivity index (χ3n) is 3.16. The highest BCUT2D eigenvalue weighted by molar-refractivity contribution is 7.14. The van der Waals surface area contributed by atoms with Crippen molar-refractivity contribution in [3.63, 3.8) is 0 Å². The van der Waals surface area contributed by atoms with Gasteiger partial charge in [-0.05, 0) is 11.4 Å². The minimum atomic E-state index is -0.386. The van der Waals surface area contributed by atoms with Crippen molar-refractivity contribution in [1.82, 2.24) is 15.3 Å². The minimum Gasteiger partial charge on any atom is -0.376 e. The molecule has 1 aliphatic rings. The largest absolute Gasteiger partial charge is 0.376 e. The number of rotatable bonds is 3. The monoisotopic (exact) mass is 315 g/mol. The lowest BCUT2D eigenvalue weighted by Crippen LogP contribution is -2.29. The van der Waals surface area contributed by atoms with Gasteiger partial charge in [0.1, 0.15) is 16.9 Å². The highest BCUT2D eigenvalue weighted by Crippen LogP contribution is 2.21. The molecule has 0 fully saturated rings. The summed E-state index contributed by atoms with van der Waals surface area (Å²) in [6, 6.07) is 3.30. The van der Waals surface area contributed by atoms with Crippen LogP contribution in [0, 0.1) is 11.3 Å². The van der Waals surface area contributed by atoms with Crippen LogP contribution in [0.1, 0.15) is 22.6 Å². The van der Waals surface area contributed by atoms with Gasteiger partial charge in [0.05, 0.1) is 31.0 Å². The van der Waals surface area contributed by atoms with Gasteiger partial charge in [0.15, 0.2) is 0 Å². The van der Waals surface area contributed by atoms with Gasteiger partial charge in [-0.15, -0.1) is 11.3 Å². The summed E-state index contributed by atoms with van der Waals surface area (Å²) in [5.74, 6) is 0.558. The molecule has 7 nitrogen and oxygen atoms in total. The van der Waals surface area contributed by atoms with Crippen molar-refractivity contribution < 1.29 is 9.53 Å². The summed E-state index contributed by atoms with van der Waals surface area (Å²) in [4.78, 5) is 20.5. The Morgan fingerprint density at radius 3 is 3.32 bits per heavy atom. The highest BCUT2D eigenvalue weighted by atomic mass is 32.1. The highest BCUT2D eigenvalue weighted by Gasteiger charge is 2.13. The predicted octanol–water partition coefficient (Wildman–Crippen LogP) is 1.80. The Hall–Kier alpha value is -2.50. The normalized spacial score (nSPS) is 13.0. The molecule has 0 aromatic carbocycles. The summed E-state index contributed by atoms with van der Waals surface area (Å²) in [6.45, 7) is 1.43. The van der Waals surface area contributed by atoms with Crippen LogP contribution in [0.3, 0.4) is 0 Å². The molecular weight excluding hydrogens is 302 g/mol. The van der Waals surface area contributed by atoms with E-state index in [4.69, 9.17) is 10.00 Å². The number of thiophene rings is 1. The number of nitriles is 1. The quantitative estimate of drug-likeness (QED) is 0.899. The maximum atomic E-state index is 11.8. The van der Waals surface area contributed by atoms with Gasteiger partial charge in [-0.2, -0.15) is 5.26 Å². The van der Waals surface area contributed by atoms with E-state index in [9.17, 15) is 4.79 Å². The van der Waals surface area contributed by atoms with Gasteiger partial charge in [0, 0.05) is 18.2 Å². The van der Waals surface area contributed by atoms with Gasteiger partial charge in [0.2, 0.25) is 0 Å². The number of nitrogens with zero attached hydrogens (tertiary/aromatic N) is 3. The fourth-order valence-corrected chi connectivity index (χ4v) is 2.79. The fraction of sp³-hybridized carbons (Fsp3) is 0.286. The molecule has 0 saturated heterocycles. The summed E-state index contributed by atoms with van der Waals surface area (Å²) >= 11 is 1.30. The molecule has 0 radical (unpaired) electrons. The maximum absolute atomic E-state index is 11.8. The minimum absolute atomic E-state index is 0.229. The molecular formula is C14H13N5O2S. The molecule has 1 aliphatic heterocycles. The number of anilines is 1. The molecule has 2 amide bonds. The van der Waals surface area contributed by atoms with Crippen LogP contribution >= 0.6 is 11.3 Å². The van der Waals surface area contributed by atoms with E-state index in [0.717, 1.165) is 17.7 Å². The lowest BCUT2D eigenvalue weighted by molar-refractivity contribution is 0.108.